The summed E-state index contributed by atoms with van der Waals surface area (Å²) in [7, 11) is 0. The van der Waals surface area contributed by atoms with Gasteiger partial charge >= 0.3 is 5.97 Å². The molecule has 1 aromatic heterocycles. The molecular formula is C15H18FN3O4. The molecule has 1 amide bonds. The number of morpholine rings is 1. The Morgan fingerprint density at radius 1 is 1.30 bits per heavy atom. The molecule has 3 rings (SSSR count). The number of pyridine rings is 1. The summed E-state index contributed by atoms with van der Waals surface area (Å²) in [6, 6.07) is 3.87. The molecule has 0 unspecified atom stereocenters. The molecule has 1 aromatic rings. The molecule has 0 aromatic carbocycles. The van der Waals surface area contributed by atoms with Gasteiger partial charge in [0.25, 0.3) is 0 Å². The molecule has 7 nitrogen and oxygen atoms in total. The molecule has 2 atom stereocenters. The van der Waals surface area contributed by atoms with E-state index in [0.717, 1.165) is 0 Å². The SMILES string of the molecule is O=C(O)c1cccc(N2C[C@H](F)C[C@H]2C(=O)N2CCOCC2)n1. The third kappa shape index (κ3) is 3.26. The molecule has 2 saturated heterocycles. The molecule has 8 heteroatoms. The van der Waals surface area contributed by atoms with Crippen LogP contribution in [-0.4, -0.2) is 71.9 Å². The maximum absolute atomic E-state index is 13.9. The van der Waals surface area contributed by atoms with Crippen molar-refractivity contribution in [2.45, 2.75) is 18.6 Å². The summed E-state index contributed by atoms with van der Waals surface area (Å²) in [4.78, 5) is 31.0. The monoisotopic (exact) mass is 323 g/mol. The van der Waals surface area contributed by atoms with E-state index in [2.05, 4.69) is 4.98 Å². The molecule has 3 heterocycles. The molecule has 0 radical (unpaired) electrons. The second-order valence-electron chi connectivity index (χ2n) is 5.62. The normalized spacial score (nSPS) is 24.7. The van der Waals surface area contributed by atoms with Crippen molar-refractivity contribution in [1.29, 1.82) is 0 Å². The number of hydrogen-bond acceptors (Lipinski definition) is 5. The first-order chi connectivity index (χ1) is 11.1. The van der Waals surface area contributed by atoms with Crippen LogP contribution in [0.15, 0.2) is 18.2 Å². The molecule has 124 valence electrons. The Morgan fingerprint density at radius 3 is 2.74 bits per heavy atom. The van der Waals surface area contributed by atoms with Gasteiger partial charge in [-0.3, -0.25) is 4.79 Å². The lowest BCUT2D eigenvalue weighted by Crippen LogP contribution is -2.50. The minimum Gasteiger partial charge on any atom is -0.477 e. The zero-order chi connectivity index (χ0) is 16.4. The number of carboxylic acids is 1. The predicted molar refractivity (Wildman–Crippen MR) is 79.2 cm³/mol. The number of carbonyl (C=O) groups is 2. The Hall–Kier alpha value is -2.22. The highest BCUT2D eigenvalue weighted by atomic mass is 19.1. The van der Waals surface area contributed by atoms with E-state index >= 15 is 0 Å². The number of ether oxygens (including phenoxy) is 1. The van der Waals surface area contributed by atoms with Gasteiger partial charge in [0.1, 0.15) is 18.0 Å². The standard InChI is InChI=1S/C15H18FN3O4/c16-10-8-12(14(20)18-4-6-23-7-5-18)19(9-10)13-3-1-2-11(17-13)15(21)22/h1-3,10,12H,4-9H2,(H,21,22)/t10-,12+/m1/s1. The molecule has 1 N–H and O–H groups in total. The fraction of sp³-hybridized carbons (Fsp3) is 0.533. The number of anilines is 1. The van der Waals surface area contributed by atoms with Crippen LogP contribution in [0.25, 0.3) is 0 Å². The summed E-state index contributed by atoms with van der Waals surface area (Å²) >= 11 is 0. The van der Waals surface area contributed by atoms with Gasteiger partial charge in [-0.15, -0.1) is 0 Å². The minimum atomic E-state index is -1.15. The van der Waals surface area contributed by atoms with Gasteiger partial charge in [0, 0.05) is 19.5 Å². The van der Waals surface area contributed by atoms with E-state index < -0.39 is 18.2 Å². The number of hydrogen-bond donors (Lipinski definition) is 1. The first-order valence-electron chi connectivity index (χ1n) is 7.54. The number of amides is 1. The van der Waals surface area contributed by atoms with E-state index in [4.69, 9.17) is 9.84 Å². The van der Waals surface area contributed by atoms with E-state index in [9.17, 15) is 14.0 Å². The van der Waals surface area contributed by atoms with Crippen molar-refractivity contribution in [2.24, 2.45) is 0 Å². The minimum absolute atomic E-state index is 0.0385. The Bertz CT molecular complexity index is 606. The fourth-order valence-corrected chi connectivity index (χ4v) is 2.97. The predicted octanol–water partition coefficient (Wildman–Crippen LogP) is 0.555. The van der Waals surface area contributed by atoms with Crippen LogP contribution >= 0.6 is 0 Å². The molecule has 0 aliphatic carbocycles. The van der Waals surface area contributed by atoms with E-state index in [1.165, 1.54) is 6.07 Å². The number of aromatic carboxylic acids is 1. The molecule has 0 saturated carbocycles. The Morgan fingerprint density at radius 2 is 2.04 bits per heavy atom. The van der Waals surface area contributed by atoms with E-state index in [0.29, 0.717) is 32.1 Å². The van der Waals surface area contributed by atoms with Crippen molar-refractivity contribution in [3.63, 3.8) is 0 Å². The molecule has 23 heavy (non-hydrogen) atoms. The van der Waals surface area contributed by atoms with Crippen molar-refractivity contribution in [3.05, 3.63) is 23.9 Å². The summed E-state index contributed by atoms with van der Waals surface area (Å²) in [6.45, 7) is 1.97. The van der Waals surface area contributed by atoms with Gasteiger partial charge in [-0.25, -0.2) is 14.2 Å². The quantitative estimate of drug-likeness (QED) is 0.875. The lowest BCUT2D eigenvalue weighted by molar-refractivity contribution is -0.136. The second kappa shape index (κ2) is 6.49. The third-order valence-corrected chi connectivity index (χ3v) is 4.11. The number of aromatic nitrogens is 1. The zero-order valence-corrected chi connectivity index (χ0v) is 12.5. The molecule has 0 bridgehead atoms. The molecular weight excluding hydrogens is 305 g/mol. The van der Waals surface area contributed by atoms with Crippen molar-refractivity contribution in [2.75, 3.05) is 37.7 Å². The van der Waals surface area contributed by atoms with Crippen LogP contribution in [0.2, 0.25) is 0 Å². The van der Waals surface area contributed by atoms with Gasteiger partial charge in [0.15, 0.2) is 5.69 Å². The Labute approximate surface area is 132 Å². The van der Waals surface area contributed by atoms with E-state index in [1.807, 2.05) is 0 Å². The van der Waals surface area contributed by atoms with Gasteiger partial charge < -0.3 is 19.6 Å². The van der Waals surface area contributed by atoms with Gasteiger partial charge in [0.2, 0.25) is 5.91 Å². The summed E-state index contributed by atoms with van der Waals surface area (Å²) in [5, 5.41) is 9.04. The number of nitrogens with zero attached hydrogens (tertiary/aromatic N) is 3. The molecule has 2 aliphatic rings. The molecule has 2 aliphatic heterocycles. The zero-order valence-electron chi connectivity index (χ0n) is 12.5. The average molecular weight is 323 g/mol. The topological polar surface area (TPSA) is 83.0 Å². The number of halogens is 1. The maximum Gasteiger partial charge on any atom is 0.354 e. The van der Waals surface area contributed by atoms with Crippen LogP contribution in [0.4, 0.5) is 10.2 Å². The first-order valence-corrected chi connectivity index (χ1v) is 7.54. The van der Waals surface area contributed by atoms with Crippen LogP contribution in [0.1, 0.15) is 16.9 Å². The maximum atomic E-state index is 13.9. The number of rotatable bonds is 3. The summed E-state index contributed by atoms with van der Waals surface area (Å²) in [6.07, 6.45) is -1.05. The highest BCUT2D eigenvalue weighted by Gasteiger charge is 2.40. The number of carboxylic acid groups (broad SMARTS) is 1. The van der Waals surface area contributed by atoms with Crippen molar-refractivity contribution < 1.29 is 23.8 Å². The number of carbonyl (C=O) groups excluding carboxylic acids is 1. The Balaban J connectivity index is 1.83. The molecule has 2 fully saturated rings. The van der Waals surface area contributed by atoms with Crippen LogP contribution < -0.4 is 4.90 Å². The smallest absolute Gasteiger partial charge is 0.354 e. The second-order valence-corrected chi connectivity index (χ2v) is 5.62. The van der Waals surface area contributed by atoms with Crippen molar-refractivity contribution >= 4 is 17.7 Å². The summed E-state index contributed by atoms with van der Waals surface area (Å²) in [5.41, 5.74) is -0.123. The average Bonchev–Trinajstić information content (AvgIpc) is 2.97. The van der Waals surface area contributed by atoms with Gasteiger partial charge in [-0.05, 0) is 12.1 Å². The van der Waals surface area contributed by atoms with E-state index in [-0.39, 0.29) is 24.6 Å². The summed E-state index contributed by atoms with van der Waals surface area (Å²) < 4.78 is 19.1. The van der Waals surface area contributed by atoms with Crippen molar-refractivity contribution in [3.8, 4) is 0 Å². The fourth-order valence-electron chi connectivity index (χ4n) is 2.97. The lowest BCUT2D eigenvalue weighted by atomic mass is 10.1. The van der Waals surface area contributed by atoms with E-state index in [1.54, 1.807) is 21.9 Å². The largest absolute Gasteiger partial charge is 0.477 e. The number of alkyl halides is 1. The van der Waals surface area contributed by atoms with Gasteiger partial charge in [-0.1, -0.05) is 6.07 Å². The van der Waals surface area contributed by atoms with Crippen LogP contribution in [0.5, 0.6) is 0 Å². The summed E-state index contributed by atoms with van der Waals surface area (Å²) in [5.74, 6) is -0.994. The van der Waals surface area contributed by atoms with Crippen LogP contribution in [0.3, 0.4) is 0 Å². The van der Waals surface area contributed by atoms with Gasteiger partial charge in [0.05, 0.1) is 19.8 Å². The molecule has 0 spiro atoms. The van der Waals surface area contributed by atoms with Crippen molar-refractivity contribution in [1.82, 2.24) is 9.88 Å². The highest BCUT2D eigenvalue weighted by molar-refractivity contribution is 5.87. The van der Waals surface area contributed by atoms with Crippen LogP contribution in [-0.2, 0) is 9.53 Å². The Kier molecular flexibility index (Phi) is 4.42. The first kappa shape index (κ1) is 15.7. The van der Waals surface area contributed by atoms with Gasteiger partial charge in [-0.2, -0.15) is 0 Å². The highest BCUT2D eigenvalue weighted by Crippen LogP contribution is 2.27. The van der Waals surface area contributed by atoms with Crippen LogP contribution in [0, 0.1) is 0 Å². The third-order valence-electron chi connectivity index (χ3n) is 4.11. The lowest BCUT2D eigenvalue weighted by Gasteiger charge is -2.32.